The van der Waals surface area contributed by atoms with Gasteiger partial charge in [0.05, 0.1) is 8.26 Å². The summed E-state index contributed by atoms with van der Waals surface area (Å²) in [5, 5.41) is 3.34. The summed E-state index contributed by atoms with van der Waals surface area (Å²) in [6.07, 6.45) is 1.02. The third kappa shape index (κ3) is 3.57. The van der Waals surface area contributed by atoms with Crippen molar-refractivity contribution in [2.24, 2.45) is 5.73 Å². The van der Waals surface area contributed by atoms with Gasteiger partial charge in [0.1, 0.15) is 0 Å². The molecule has 0 fully saturated rings. The Morgan fingerprint density at radius 1 is 1.21 bits per heavy atom. The minimum atomic E-state index is 0.742. The van der Waals surface area contributed by atoms with E-state index >= 15 is 0 Å². The number of nitrogens with one attached hydrogen (secondary N) is 1. The van der Waals surface area contributed by atoms with E-state index in [9.17, 15) is 0 Å². The maximum Gasteiger partial charge on any atom is 0.0855 e. The van der Waals surface area contributed by atoms with E-state index in [1.54, 1.807) is 11.3 Å². The fraction of sp³-hybridized carbons (Fsp3) is 0.500. The molecule has 14 heavy (non-hydrogen) atoms. The fourth-order valence-corrected chi connectivity index (χ4v) is 4.10. The first-order valence-electron chi connectivity index (χ1n) is 4.19. The first-order chi connectivity index (χ1) is 6.66. The largest absolute Gasteiger partial charge is 0.330 e. The molecular formula is C8H11Br3N2S. The van der Waals surface area contributed by atoms with Crippen LogP contribution in [0.25, 0.3) is 0 Å². The van der Waals surface area contributed by atoms with Crippen molar-refractivity contribution in [2.75, 3.05) is 13.1 Å². The monoisotopic (exact) mass is 404 g/mol. The standard InChI is InChI=1S/C8H11Br3N2S/c9-6-5(4-13-3-1-2-12)14-8(11)7(6)10/h13H,1-4,12H2. The van der Waals surface area contributed by atoms with E-state index in [4.69, 9.17) is 5.73 Å². The van der Waals surface area contributed by atoms with Crippen LogP contribution in [0.4, 0.5) is 0 Å². The van der Waals surface area contributed by atoms with Crippen molar-refractivity contribution in [1.82, 2.24) is 5.32 Å². The lowest BCUT2D eigenvalue weighted by Crippen LogP contribution is -2.17. The molecule has 0 aliphatic heterocycles. The molecule has 3 N–H and O–H groups in total. The summed E-state index contributed by atoms with van der Waals surface area (Å²) in [5.41, 5.74) is 5.40. The zero-order valence-electron chi connectivity index (χ0n) is 7.45. The smallest absolute Gasteiger partial charge is 0.0855 e. The summed E-state index contributed by atoms with van der Waals surface area (Å²) in [5.74, 6) is 0. The fourth-order valence-electron chi connectivity index (χ4n) is 0.949. The van der Waals surface area contributed by atoms with Crippen LogP contribution in [0.5, 0.6) is 0 Å². The second-order valence-corrected chi connectivity index (χ2v) is 6.75. The van der Waals surface area contributed by atoms with Gasteiger partial charge in [0.25, 0.3) is 0 Å². The van der Waals surface area contributed by atoms with Crippen molar-refractivity contribution >= 4 is 59.1 Å². The number of hydrogen-bond donors (Lipinski definition) is 2. The second kappa shape index (κ2) is 6.60. The van der Waals surface area contributed by atoms with Crippen LogP contribution in [0, 0.1) is 0 Å². The average Bonchev–Trinajstić information content (AvgIpc) is 2.41. The Bertz CT molecular complexity index is 301. The second-order valence-electron chi connectivity index (χ2n) is 2.75. The van der Waals surface area contributed by atoms with Gasteiger partial charge in [-0.05, 0) is 67.3 Å². The summed E-state index contributed by atoms with van der Waals surface area (Å²) in [6, 6.07) is 0. The maximum absolute atomic E-state index is 5.40. The third-order valence-electron chi connectivity index (χ3n) is 1.67. The molecule has 0 saturated carbocycles. The van der Waals surface area contributed by atoms with Gasteiger partial charge in [0.15, 0.2) is 0 Å². The van der Waals surface area contributed by atoms with Gasteiger partial charge in [0.2, 0.25) is 0 Å². The number of halogens is 3. The van der Waals surface area contributed by atoms with Crippen molar-refractivity contribution < 1.29 is 0 Å². The molecule has 0 bridgehead atoms. The SMILES string of the molecule is NCCCNCc1sc(Br)c(Br)c1Br. The van der Waals surface area contributed by atoms with E-state index in [1.807, 2.05) is 0 Å². The Hall–Kier alpha value is 1.06. The molecule has 6 heteroatoms. The van der Waals surface area contributed by atoms with Crippen molar-refractivity contribution in [1.29, 1.82) is 0 Å². The Morgan fingerprint density at radius 3 is 2.43 bits per heavy atom. The lowest BCUT2D eigenvalue weighted by atomic mass is 10.4. The van der Waals surface area contributed by atoms with Crippen LogP contribution in [0.15, 0.2) is 12.7 Å². The zero-order valence-corrected chi connectivity index (χ0v) is 13.0. The third-order valence-corrected chi connectivity index (χ3v) is 6.78. The van der Waals surface area contributed by atoms with Crippen LogP contribution >= 0.6 is 59.1 Å². The van der Waals surface area contributed by atoms with Crippen LogP contribution in [0.3, 0.4) is 0 Å². The highest BCUT2D eigenvalue weighted by atomic mass is 79.9. The number of thiophene rings is 1. The number of hydrogen-bond acceptors (Lipinski definition) is 3. The molecule has 1 heterocycles. The highest BCUT2D eigenvalue weighted by Crippen LogP contribution is 2.40. The molecule has 0 aliphatic carbocycles. The molecule has 0 radical (unpaired) electrons. The number of rotatable bonds is 5. The van der Waals surface area contributed by atoms with Gasteiger partial charge in [-0.1, -0.05) is 0 Å². The lowest BCUT2D eigenvalue weighted by Gasteiger charge is -2.01. The van der Waals surface area contributed by atoms with Crippen LogP contribution in [-0.4, -0.2) is 13.1 Å². The van der Waals surface area contributed by atoms with Crippen molar-refractivity contribution in [3.63, 3.8) is 0 Å². The molecule has 1 rings (SSSR count). The molecule has 0 unspecified atom stereocenters. The predicted molar refractivity (Wildman–Crippen MR) is 72.8 cm³/mol. The Labute approximate surface area is 113 Å². The topological polar surface area (TPSA) is 38.0 Å². The molecule has 2 nitrogen and oxygen atoms in total. The number of nitrogens with two attached hydrogens (primary N) is 1. The van der Waals surface area contributed by atoms with Crippen LogP contribution in [-0.2, 0) is 6.54 Å². The molecule has 0 atom stereocenters. The first-order valence-corrected chi connectivity index (χ1v) is 7.39. The van der Waals surface area contributed by atoms with Gasteiger partial charge in [0, 0.05) is 15.9 Å². The highest BCUT2D eigenvalue weighted by molar-refractivity contribution is 9.14. The average molecular weight is 407 g/mol. The minimum Gasteiger partial charge on any atom is -0.330 e. The summed E-state index contributed by atoms with van der Waals surface area (Å²) >= 11 is 12.2. The lowest BCUT2D eigenvalue weighted by molar-refractivity contribution is 0.659. The van der Waals surface area contributed by atoms with Crippen LogP contribution < -0.4 is 11.1 Å². The molecule has 0 saturated heterocycles. The summed E-state index contributed by atoms with van der Waals surface area (Å²) in [7, 11) is 0. The highest BCUT2D eigenvalue weighted by Gasteiger charge is 2.11. The van der Waals surface area contributed by atoms with Crippen molar-refractivity contribution in [3.8, 4) is 0 Å². The molecular weight excluding hydrogens is 396 g/mol. The molecule has 0 aromatic carbocycles. The molecule has 1 aromatic heterocycles. The van der Waals surface area contributed by atoms with Gasteiger partial charge in [-0.2, -0.15) is 0 Å². The molecule has 1 aromatic rings. The Balaban J connectivity index is 2.47. The van der Waals surface area contributed by atoms with Gasteiger partial charge in [-0.25, -0.2) is 0 Å². The van der Waals surface area contributed by atoms with E-state index in [0.717, 1.165) is 38.8 Å². The quantitative estimate of drug-likeness (QED) is 0.735. The molecule has 0 spiro atoms. The Morgan fingerprint density at radius 2 is 1.93 bits per heavy atom. The predicted octanol–water partition coefficient (Wildman–Crippen LogP) is 3.47. The van der Waals surface area contributed by atoms with E-state index in [-0.39, 0.29) is 0 Å². The maximum atomic E-state index is 5.40. The van der Waals surface area contributed by atoms with Gasteiger partial charge >= 0.3 is 0 Å². The molecule has 80 valence electrons. The minimum absolute atomic E-state index is 0.742. The molecule has 0 amide bonds. The molecule has 0 aliphatic rings. The summed E-state index contributed by atoms with van der Waals surface area (Å²) in [6.45, 7) is 2.59. The van der Waals surface area contributed by atoms with Crippen LogP contribution in [0.1, 0.15) is 11.3 Å². The summed E-state index contributed by atoms with van der Waals surface area (Å²) < 4.78 is 3.35. The van der Waals surface area contributed by atoms with Crippen molar-refractivity contribution in [3.05, 3.63) is 17.6 Å². The summed E-state index contributed by atoms with van der Waals surface area (Å²) in [4.78, 5) is 1.29. The van der Waals surface area contributed by atoms with E-state index in [2.05, 4.69) is 53.1 Å². The van der Waals surface area contributed by atoms with Gasteiger partial charge in [-0.3, -0.25) is 0 Å². The van der Waals surface area contributed by atoms with Crippen LogP contribution in [0.2, 0.25) is 0 Å². The van der Waals surface area contributed by atoms with Gasteiger partial charge in [-0.15, -0.1) is 11.3 Å². The Kier molecular flexibility index (Phi) is 6.19. The normalized spacial score (nSPS) is 10.9. The van der Waals surface area contributed by atoms with E-state index in [1.165, 1.54) is 4.88 Å². The zero-order chi connectivity index (χ0) is 10.6. The van der Waals surface area contributed by atoms with Gasteiger partial charge < -0.3 is 11.1 Å². The van der Waals surface area contributed by atoms with E-state index in [0.29, 0.717) is 0 Å². The van der Waals surface area contributed by atoms with E-state index < -0.39 is 0 Å². The first kappa shape index (κ1) is 13.1. The van der Waals surface area contributed by atoms with Crippen molar-refractivity contribution in [2.45, 2.75) is 13.0 Å².